The molecule has 1 amide bonds. The molecule has 2 N–H and O–H groups in total. The Bertz CT molecular complexity index is 489. The minimum atomic E-state index is 0.0905. The molecule has 0 saturated carbocycles. The number of anilines is 1. The van der Waals surface area contributed by atoms with Gasteiger partial charge in [-0.3, -0.25) is 4.79 Å². The van der Waals surface area contributed by atoms with Gasteiger partial charge in [-0.25, -0.2) is 0 Å². The molecule has 2 fully saturated rings. The average molecular weight is 287 g/mol. The molecule has 2 heterocycles. The molecule has 0 unspecified atom stereocenters. The number of amides is 1. The zero-order valence-corrected chi connectivity index (χ0v) is 12.6. The normalized spacial score (nSPS) is 20.9. The fraction of sp³-hybridized carbons (Fsp3) is 0.588. The Morgan fingerprint density at radius 2 is 1.76 bits per heavy atom. The summed E-state index contributed by atoms with van der Waals surface area (Å²) in [4.78, 5) is 17.1. The number of likely N-dealkylation sites (tertiary alicyclic amines) is 2. The molecular formula is C17H25N3O. The van der Waals surface area contributed by atoms with E-state index in [2.05, 4.69) is 4.90 Å². The number of hydrogen-bond acceptors (Lipinski definition) is 3. The Balaban J connectivity index is 1.53. The van der Waals surface area contributed by atoms with Gasteiger partial charge in [-0.2, -0.15) is 0 Å². The standard InChI is InChI=1S/C17H25N3O/c18-16-6-2-1-5-15(16)17(21)20-11-7-14(8-12-20)13-19-9-3-4-10-19/h1-2,5-6,14H,3-4,7-13,18H2. The first-order valence-electron chi connectivity index (χ1n) is 8.10. The van der Waals surface area contributed by atoms with Gasteiger partial charge in [0.25, 0.3) is 5.91 Å². The van der Waals surface area contributed by atoms with Crippen molar-refractivity contribution in [1.82, 2.24) is 9.80 Å². The number of hydrogen-bond donors (Lipinski definition) is 1. The lowest BCUT2D eigenvalue weighted by Gasteiger charge is -2.34. The molecule has 3 rings (SSSR count). The molecule has 0 bridgehead atoms. The smallest absolute Gasteiger partial charge is 0.255 e. The summed E-state index contributed by atoms with van der Waals surface area (Å²) in [6.45, 7) is 5.48. The second-order valence-electron chi connectivity index (χ2n) is 6.33. The van der Waals surface area contributed by atoms with Crippen molar-refractivity contribution >= 4 is 11.6 Å². The van der Waals surface area contributed by atoms with E-state index in [1.165, 1.54) is 32.5 Å². The molecule has 114 valence electrons. The SMILES string of the molecule is Nc1ccccc1C(=O)N1CCC(CN2CCCC2)CC1. The fourth-order valence-corrected chi connectivity index (χ4v) is 3.51. The van der Waals surface area contributed by atoms with Gasteiger partial charge >= 0.3 is 0 Å². The molecule has 2 aliphatic heterocycles. The van der Waals surface area contributed by atoms with Crippen LogP contribution in [-0.2, 0) is 0 Å². The predicted molar refractivity (Wildman–Crippen MR) is 85.2 cm³/mol. The second-order valence-corrected chi connectivity index (χ2v) is 6.33. The summed E-state index contributed by atoms with van der Waals surface area (Å²) >= 11 is 0. The van der Waals surface area contributed by atoms with Crippen LogP contribution in [0.4, 0.5) is 5.69 Å². The van der Waals surface area contributed by atoms with Crippen molar-refractivity contribution < 1.29 is 4.79 Å². The molecule has 4 heteroatoms. The van der Waals surface area contributed by atoms with Gasteiger partial charge in [0.05, 0.1) is 5.56 Å². The highest BCUT2D eigenvalue weighted by Crippen LogP contribution is 2.23. The Morgan fingerprint density at radius 3 is 2.43 bits per heavy atom. The van der Waals surface area contributed by atoms with E-state index >= 15 is 0 Å². The molecule has 21 heavy (non-hydrogen) atoms. The summed E-state index contributed by atoms with van der Waals surface area (Å²) < 4.78 is 0. The fourth-order valence-electron chi connectivity index (χ4n) is 3.51. The molecular weight excluding hydrogens is 262 g/mol. The van der Waals surface area contributed by atoms with E-state index in [0.29, 0.717) is 11.3 Å². The van der Waals surface area contributed by atoms with E-state index in [-0.39, 0.29) is 5.91 Å². The van der Waals surface area contributed by atoms with Gasteiger partial charge in [0.15, 0.2) is 0 Å². The summed E-state index contributed by atoms with van der Waals surface area (Å²) in [7, 11) is 0. The summed E-state index contributed by atoms with van der Waals surface area (Å²) in [5, 5.41) is 0. The van der Waals surface area contributed by atoms with Gasteiger partial charge in [0.1, 0.15) is 0 Å². The van der Waals surface area contributed by atoms with E-state index in [0.717, 1.165) is 31.8 Å². The Kier molecular flexibility index (Phi) is 4.44. The second kappa shape index (κ2) is 6.48. The maximum atomic E-state index is 12.5. The number of rotatable bonds is 3. The van der Waals surface area contributed by atoms with E-state index in [9.17, 15) is 4.79 Å². The van der Waals surface area contributed by atoms with Crippen LogP contribution in [-0.4, -0.2) is 48.4 Å². The molecule has 2 aliphatic rings. The van der Waals surface area contributed by atoms with Gasteiger partial charge in [-0.05, 0) is 56.8 Å². The molecule has 0 radical (unpaired) electrons. The Labute approximate surface area is 126 Å². The number of para-hydroxylation sites is 1. The van der Waals surface area contributed by atoms with Crippen molar-refractivity contribution in [1.29, 1.82) is 0 Å². The average Bonchev–Trinajstić information content (AvgIpc) is 3.01. The highest BCUT2D eigenvalue weighted by molar-refractivity contribution is 5.99. The maximum Gasteiger partial charge on any atom is 0.255 e. The lowest BCUT2D eigenvalue weighted by molar-refractivity contribution is 0.0674. The van der Waals surface area contributed by atoms with Crippen LogP contribution in [0.15, 0.2) is 24.3 Å². The van der Waals surface area contributed by atoms with Gasteiger partial charge in [-0.15, -0.1) is 0 Å². The van der Waals surface area contributed by atoms with E-state index in [4.69, 9.17) is 5.73 Å². The van der Waals surface area contributed by atoms with Gasteiger partial charge in [0.2, 0.25) is 0 Å². The van der Waals surface area contributed by atoms with Crippen LogP contribution in [0.25, 0.3) is 0 Å². The zero-order chi connectivity index (χ0) is 14.7. The van der Waals surface area contributed by atoms with Crippen LogP contribution in [0.5, 0.6) is 0 Å². The van der Waals surface area contributed by atoms with Crippen LogP contribution in [0.2, 0.25) is 0 Å². The molecule has 0 aromatic heterocycles. The predicted octanol–water partition coefficient (Wildman–Crippen LogP) is 2.22. The number of nitrogen functional groups attached to an aromatic ring is 1. The third kappa shape index (κ3) is 3.38. The minimum absolute atomic E-state index is 0.0905. The van der Waals surface area contributed by atoms with Crippen molar-refractivity contribution in [3.63, 3.8) is 0 Å². The summed E-state index contributed by atoms with van der Waals surface area (Å²) in [5.74, 6) is 0.841. The van der Waals surface area contributed by atoms with Crippen molar-refractivity contribution in [3.05, 3.63) is 29.8 Å². The third-order valence-electron chi connectivity index (χ3n) is 4.81. The number of benzene rings is 1. The third-order valence-corrected chi connectivity index (χ3v) is 4.81. The molecule has 0 spiro atoms. The summed E-state index contributed by atoms with van der Waals surface area (Å²) in [5.41, 5.74) is 7.14. The van der Waals surface area contributed by atoms with Gasteiger partial charge < -0.3 is 15.5 Å². The van der Waals surface area contributed by atoms with E-state index in [1.54, 1.807) is 6.07 Å². The molecule has 1 aromatic carbocycles. The van der Waals surface area contributed by atoms with Crippen molar-refractivity contribution in [3.8, 4) is 0 Å². The maximum absolute atomic E-state index is 12.5. The largest absolute Gasteiger partial charge is 0.398 e. The molecule has 0 atom stereocenters. The lowest BCUT2D eigenvalue weighted by Crippen LogP contribution is -2.41. The number of piperidine rings is 1. The van der Waals surface area contributed by atoms with Crippen LogP contribution in [0, 0.1) is 5.92 Å². The van der Waals surface area contributed by atoms with Crippen LogP contribution in [0.3, 0.4) is 0 Å². The Morgan fingerprint density at radius 1 is 1.10 bits per heavy atom. The Hall–Kier alpha value is -1.55. The summed E-state index contributed by atoms with van der Waals surface area (Å²) in [6, 6.07) is 7.37. The highest BCUT2D eigenvalue weighted by atomic mass is 16.2. The zero-order valence-electron chi connectivity index (χ0n) is 12.6. The topological polar surface area (TPSA) is 49.6 Å². The molecule has 4 nitrogen and oxygen atoms in total. The van der Waals surface area contributed by atoms with Gasteiger partial charge in [-0.1, -0.05) is 12.1 Å². The van der Waals surface area contributed by atoms with Crippen molar-refractivity contribution in [2.24, 2.45) is 5.92 Å². The molecule has 1 aromatic rings. The van der Waals surface area contributed by atoms with Crippen LogP contribution >= 0.6 is 0 Å². The van der Waals surface area contributed by atoms with E-state index in [1.807, 2.05) is 23.1 Å². The molecule has 2 saturated heterocycles. The number of nitrogens with two attached hydrogens (primary N) is 1. The quantitative estimate of drug-likeness (QED) is 0.867. The lowest BCUT2D eigenvalue weighted by atomic mass is 9.95. The van der Waals surface area contributed by atoms with Crippen molar-refractivity contribution in [2.75, 3.05) is 38.5 Å². The van der Waals surface area contributed by atoms with Crippen molar-refractivity contribution in [2.45, 2.75) is 25.7 Å². The number of nitrogens with zero attached hydrogens (tertiary/aromatic N) is 2. The van der Waals surface area contributed by atoms with Gasteiger partial charge in [0, 0.05) is 25.3 Å². The summed E-state index contributed by atoms with van der Waals surface area (Å²) in [6.07, 6.45) is 4.94. The van der Waals surface area contributed by atoms with E-state index < -0.39 is 0 Å². The number of carbonyl (C=O) groups is 1. The first-order chi connectivity index (χ1) is 10.2. The monoisotopic (exact) mass is 287 g/mol. The highest BCUT2D eigenvalue weighted by Gasteiger charge is 2.26. The first-order valence-corrected chi connectivity index (χ1v) is 8.10. The minimum Gasteiger partial charge on any atom is -0.398 e. The molecule has 0 aliphatic carbocycles. The first kappa shape index (κ1) is 14.4. The van der Waals surface area contributed by atoms with Crippen LogP contribution < -0.4 is 5.73 Å². The number of carbonyl (C=O) groups excluding carboxylic acids is 1. The van der Waals surface area contributed by atoms with Crippen LogP contribution in [0.1, 0.15) is 36.0 Å².